The number of hydrogen-bond acceptors (Lipinski definition) is 6. The average Bonchev–Trinajstić information content (AvgIpc) is 2.94. The van der Waals surface area contributed by atoms with Crippen LogP contribution in [0.25, 0.3) is 0 Å². The van der Waals surface area contributed by atoms with Gasteiger partial charge in [0.25, 0.3) is 0 Å². The summed E-state index contributed by atoms with van der Waals surface area (Å²) in [5.41, 5.74) is -0.644. The van der Waals surface area contributed by atoms with Crippen LogP contribution >= 0.6 is 0 Å². The van der Waals surface area contributed by atoms with Gasteiger partial charge in [-0.2, -0.15) is 5.10 Å². The fourth-order valence-electron chi connectivity index (χ4n) is 4.39. The monoisotopic (exact) mass is 308 g/mol. The number of ether oxygens (including phenoxy) is 2. The van der Waals surface area contributed by atoms with Gasteiger partial charge in [-0.1, -0.05) is 0 Å². The van der Waals surface area contributed by atoms with Crippen molar-refractivity contribution in [3.8, 4) is 0 Å². The molecule has 3 saturated heterocycles. The second-order valence-electron chi connectivity index (χ2n) is 6.82. The molecule has 7 heteroatoms. The van der Waals surface area contributed by atoms with E-state index in [-0.39, 0.29) is 11.8 Å². The van der Waals surface area contributed by atoms with Crippen molar-refractivity contribution < 1.29 is 14.6 Å². The normalized spacial score (nSPS) is 39.3. The minimum atomic E-state index is -0.644. The molecule has 4 rings (SSSR count). The second kappa shape index (κ2) is 5.56. The molecule has 122 valence electrons. The largest absolute Gasteiger partial charge is 0.389 e. The molecule has 7 nitrogen and oxygen atoms in total. The number of hydrogen-bond donors (Lipinski definition) is 2. The van der Waals surface area contributed by atoms with Crippen LogP contribution in [0.5, 0.6) is 0 Å². The number of H-pyrrole nitrogens is 1. The molecule has 4 atom stereocenters. The number of fused-ring (bicyclic) bond motifs is 3. The van der Waals surface area contributed by atoms with Crippen LogP contribution in [0.2, 0.25) is 0 Å². The minimum Gasteiger partial charge on any atom is -0.389 e. The Morgan fingerprint density at radius 2 is 2.23 bits per heavy atom. The zero-order valence-electron chi connectivity index (χ0n) is 13.0. The van der Waals surface area contributed by atoms with Gasteiger partial charge in [-0.15, -0.1) is 0 Å². The summed E-state index contributed by atoms with van der Waals surface area (Å²) in [6.07, 6.45) is 1.68. The van der Waals surface area contributed by atoms with E-state index >= 15 is 0 Å². The summed E-state index contributed by atoms with van der Waals surface area (Å²) in [6, 6.07) is 0.340. The number of nitrogens with one attached hydrogen (secondary N) is 1. The van der Waals surface area contributed by atoms with E-state index in [4.69, 9.17) is 9.47 Å². The predicted molar refractivity (Wildman–Crippen MR) is 78.1 cm³/mol. The van der Waals surface area contributed by atoms with Gasteiger partial charge in [0, 0.05) is 44.1 Å². The quantitative estimate of drug-likeness (QED) is 0.806. The molecule has 3 aliphatic heterocycles. The first kappa shape index (κ1) is 14.6. The molecule has 2 N–H and O–H groups in total. The second-order valence-corrected chi connectivity index (χ2v) is 6.82. The molecule has 1 aromatic rings. The molecular formula is C15H24N4O3. The lowest BCUT2D eigenvalue weighted by Crippen LogP contribution is -2.67. The van der Waals surface area contributed by atoms with Gasteiger partial charge in [0.15, 0.2) is 5.82 Å². The van der Waals surface area contributed by atoms with Crippen molar-refractivity contribution in [1.82, 2.24) is 20.1 Å². The van der Waals surface area contributed by atoms with E-state index in [1.54, 1.807) is 0 Å². The van der Waals surface area contributed by atoms with Crippen molar-refractivity contribution in [3.05, 3.63) is 11.6 Å². The summed E-state index contributed by atoms with van der Waals surface area (Å²) in [5.74, 6) is 1.96. The Labute approximate surface area is 130 Å². The summed E-state index contributed by atoms with van der Waals surface area (Å²) >= 11 is 0. The Hall–Kier alpha value is -1.02. The maximum Gasteiger partial charge on any atom is 0.164 e. The standard InChI is InChI=1S/C15H24N4O3/c1-10-16-14(18-17-10)7-19-6-11-8-22-5-3-15(11,20)12-9-21-4-2-13(12)19/h11-13,20H,2-9H2,1H3,(H,16,17,18)/t11-,12+,13-,15-/m0/s1. The van der Waals surface area contributed by atoms with Crippen molar-refractivity contribution in [2.75, 3.05) is 33.0 Å². The molecule has 3 fully saturated rings. The summed E-state index contributed by atoms with van der Waals surface area (Å²) < 4.78 is 11.3. The van der Waals surface area contributed by atoms with E-state index in [0.29, 0.717) is 25.9 Å². The molecule has 22 heavy (non-hydrogen) atoms. The smallest absolute Gasteiger partial charge is 0.164 e. The van der Waals surface area contributed by atoms with Crippen molar-refractivity contribution in [2.24, 2.45) is 11.8 Å². The third kappa shape index (κ3) is 2.36. The lowest BCUT2D eigenvalue weighted by atomic mass is 9.66. The van der Waals surface area contributed by atoms with Crippen LogP contribution < -0.4 is 0 Å². The molecule has 1 aromatic heterocycles. The van der Waals surface area contributed by atoms with Crippen LogP contribution in [-0.4, -0.2) is 69.8 Å². The van der Waals surface area contributed by atoms with Gasteiger partial charge in [-0.3, -0.25) is 10.00 Å². The Kier molecular flexibility index (Phi) is 3.68. The number of aromatic nitrogens is 3. The molecule has 0 aliphatic carbocycles. The summed E-state index contributed by atoms with van der Waals surface area (Å²) in [4.78, 5) is 6.85. The van der Waals surface area contributed by atoms with Crippen LogP contribution in [-0.2, 0) is 16.0 Å². The van der Waals surface area contributed by atoms with Gasteiger partial charge in [0.05, 0.1) is 25.4 Å². The Balaban J connectivity index is 1.59. The van der Waals surface area contributed by atoms with Crippen LogP contribution in [0.4, 0.5) is 0 Å². The number of aryl methyl sites for hydroxylation is 1. The maximum absolute atomic E-state index is 11.3. The SMILES string of the molecule is Cc1nc(CN2C[C@H]3COCC[C@@]3(O)[C@@H]3COCC[C@@H]32)n[nH]1. The third-order valence-electron chi connectivity index (χ3n) is 5.55. The molecule has 0 spiro atoms. The zero-order valence-corrected chi connectivity index (χ0v) is 13.0. The van der Waals surface area contributed by atoms with Crippen molar-refractivity contribution >= 4 is 0 Å². The molecule has 0 aromatic carbocycles. The van der Waals surface area contributed by atoms with Crippen LogP contribution in [0.15, 0.2) is 0 Å². The van der Waals surface area contributed by atoms with Gasteiger partial charge in [-0.25, -0.2) is 4.98 Å². The highest BCUT2D eigenvalue weighted by atomic mass is 16.5. The molecule has 3 aliphatic rings. The van der Waals surface area contributed by atoms with E-state index in [0.717, 1.165) is 44.2 Å². The highest BCUT2D eigenvalue weighted by Crippen LogP contribution is 2.44. The zero-order chi connectivity index (χ0) is 15.2. The van der Waals surface area contributed by atoms with Crippen LogP contribution in [0.1, 0.15) is 24.5 Å². The fourth-order valence-corrected chi connectivity index (χ4v) is 4.39. The van der Waals surface area contributed by atoms with Gasteiger partial charge in [0.2, 0.25) is 0 Å². The number of nitrogens with zero attached hydrogens (tertiary/aromatic N) is 3. The number of piperidine rings is 1. The number of rotatable bonds is 2. The highest BCUT2D eigenvalue weighted by molar-refractivity contribution is 5.06. The molecule has 0 saturated carbocycles. The molecule has 0 unspecified atom stereocenters. The van der Waals surface area contributed by atoms with Crippen LogP contribution in [0, 0.1) is 18.8 Å². The van der Waals surface area contributed by atoms with Gasteiger partial charge >= 0.3 is 0 Å². The van der Waals surface area contributed by atoms with E-state index in [1.807, 2.05) is 6.92 Å². The summed E-state index contributed by atoms with van der Waals surface area (Å²) in [5, 5.41) is 18.4. The van der Waals surface area contributed by atoms with E-state index in [9.17, 15) is 5.11 Å². The molecule has 4 heterocycles. The van der Waals surface area contributed by atoms with Crippen molar-refractivity contribution in [1.29, 1.82) is 0 Å². The minimum absolute atomic E-state index is 0.143. The third-order valence-corrected chi connectivity index (χ3v) is 5.55. The number of aliphatic hydroxyl groups is 1. The lowest BCUT2D eigenvalue weighted by Gasteiger charge is -2.57. The Morgan fingerprint density at radius 3 is 3.05 bits per heavy atom. The first-order chi connectivity index (χ1) is 10.7. The van der Waals surface area contributed by atoms with Gasteiger partial charge in [0.1, 0.15) is 5.82 Å². The number of likely N-dealkylation sites (tertiary alicyclic amines) is 1. The fraction of sp³-hybridized carbons (Fsp3) is 0.867. The molecule has 0 radical (unpaired) electrons. The topological polar surface area (TPSA) is 83.5 Å². The van der Waals surface area contributed by atoms with Gasteiger partial charge < -0.3 is 14.6 Å². The average molecular weight is 308 g/mol. The first-order valence-electron chi connectivity index (χ1n) is 8.16. The maximum atomic E-state index is 11.3. The highest BCUT2D eigenvalue weighted by Gasteiger charge is 2.55. The Bertz CT molecular complexity index is 537. The lowest BCUT2D eigenvalue weighted by molar-refractivity contribution is -0.221. The van der Waals surface area contributed by atoms with Crippen molar-refractivity contribution in [3.63, 3.8) is 0 Å². The van der Waals surface area contributed by atoms with E-state index in [1.165, 1.54) is 0 Å². The predicted octanol–water partition coefficient (Wildman–Crippen LogP) is 0.101. The molecular weight excluding hydrogens is 284 g/mol. The van der Waals surface area contributed by atoms with E-state index < -0.39 is 5.60 Å². The van der Waals surface area contributed by atoms with Crippen molar-refractivity contribution in [2.45, 2.75) is 38.0 Å². The molecule has 0 bridgehead atoms. The van der Waals surface area contributed by atoms with Crippen LogP contribution in [0.3, 0.4) is 0 Å². The summed E-state index contributed by atoms with van der Waals surface area (Å²) in [6.45, 7) is 6.16. The van der Waals surface area contributed by atoms with E-state index in [2.05, 4.69) is 20.1 Å². The number of aromatic amines is 1. The van der Waals surface area contributed by atoms with Gasteiger partial charge in [-0.05, 0) is 13.3 Å². The molecule has 0 amide bonds. The Morgan fingerprint density at radius 1 is 1.36 bits per heavy atom. The summed E-state index contributed by atoms with van der Waals surface area (Å²) in [7, 11) is 0. The first-order valence-corrected chi connectivity index (χ1v) is 8.16.